The largest absolute Gasteiger partial charge is 0.441 e. The third kappa shape index (κ3) is 1.90. The Balaban J connectivity index is 2.55. The summed E-state index contributed by atoms with van der Waals surface area (Å²) >= 11 is 5.93. The molecule has 0 fully saturated rings. The molecule has 0 bridgehead atoms. The van der Waals surface area contributed by atoms with Crippen molar-refractivity contribution < 1.29 is 9.34 Å². The summed E-state index contributed by atoms with van der Waals surface area (Å²) in [5.41, 5.74) is 0.435. The lowest BCUT2D eigenvalue weighted by Crippen LogP contribution is -1.88. The Morgan fingerprint density at radius 1 is 1.50 bits per heavy atom. The highest BCUT2D eigenvalue weighted by atomic mass is 35.5. The maximum atomic E-state index is 10.6. The number of hydrogen-bond acceptors (Lipinski definition) is 4. The normalized spacial score (nSPS) is 10.4. The lowest BCUT2D eigenvalue weighted by Gasteiger charge is -1.99. The molecule has 0 atom stereocenters. The van der Waals surface area contributed by atoms with Crippen LogP contribution < -0.4 is 0 Å². The maximum Gasteiger partial charge on any atom is 0.270 e. The molecule has 2 rings (SSSR count). The molecule has 0 saturated heterocycles. The first-order chi connectivity index (χ1) is 7.58. The van der Waals surface area contributed by atoms with Gasteiger partial charge in [-0.1, -0.05) is 11.6 Å². The number of non-ortho nitro benzene ring substituents is 1. The summed E-state index contributed by atoms with van der Waals surface area (Å²) in [5.74, 6) is 0.906. The van der Waals surface area contributed by atoms with Crippen LogP contribution in [0.5, 0.6) is 0 Å². The molecule has 0 saturated carbocycles. The number of oxazole rings is 1. The van der Waals surface area contributed by atoms with Crippen LogP contribution in [0.2, 0.25) is 5.02 Å². The number of nitro groups is 1. The molecule has 0 N–H and O–H groups in total. The minimum atomic E-state index is -0.483. The smallest absolute Gasteiger partial charge is 0.270 e. The van der Waals surface area contributed by atoms with Crippen molar-refractivity contribution in [3.63, 3.8) is 0 Å². The third-order valence-corrected chi connectivity index (χ3v) is 2.38. The molecule has 16 heavy (non-hydrogen) atoms. The summed E-state index contributed by atoms with van der Waals surface area (Å²) in [6.07, 6.45) is 1.49. The Morgan fingerprint density at radius 2 is 2.25 bits per heavy atom. The summed E-state index contributed by atoms with van der Waals surface area (Å²) in [5, 5.41) is 11.0. The van der Waals surface area contributed by atoms with Crippen LogP contribution in [0.1, 0.15) is 5.89 Å². The highest BCUT2D eigenvalue weighted by molar-refractivity contribution is 6.33. The van der Waals surface area contributed by atoms with E-state index in [1.165, 1.54) is 24.4 Å². The van der Waals surface area contributed by atoms with E-state index in [-0.39, 0.29) is 5.69 Å². The number of rotatable bonds is 2. The zero-order chi connectivity index (χ0) is 11.7. The second-order valence-corrected chi connectivity index (χ2v) is 3.57. The Morgan fingerprint density at radius 3 is 2.81 bits per heavy atom. The Labute approximate surface area is 95.8 Å². The maximum absolute atomic E-state index is 10.6. The second kappa shape index (κ2) is 3.94. The van der Waals surface area contributed by atoms with E-state index in [9.17, 15) is 10.1 Å². The molecule has 0 radical (unpaired) electrons. The van der Waals surface area contributed by atoms with Crippen LogP contribution in [-0.2, 0) is 0 Å². The molecule has 0 spiro atoms. The Kier molecular flexibility index (Phi) is 2.62. The van der Waals surface area contributed by atoms with Crippen molar-refractivity contribution in [3.8, 4) is 11.3 Å². The van der Waals surface area contributed by atoms with Crippen LogP contribution in [0.4, 0.5) is 5.69 Å². The van der Waals surface area contributed by atoms with Crippen LogP contribution in [0.3, 0.4) is 0 Å². The van der Waals surface area contributed by atoms with E-state index < -0.39 is 4.92 Å². The van der Waals surface area contributed by atoms with Crippen molar-refractivity contribution in [3.05, 3.63) is 45.4 Å². The summed E-state index contributed by atoms with van der Waals surface area (Å²) in [6.45, 7) is 1.69. The SMILES string of the molecule is Cc1ncc(-c2cc([N+](=O)[O-])ccc2Cl)o1. The number of nitro benzene ring substituents is 1. The molecule has 1 aromatic heterocycles. The summed E-state index contributed by atoms with van der Waals surface area (Å²) < 4.78 is 5.27. The van der Waals surface area contributed by atoms with Gasteiger partial charge in [-0.3, -0.25) is 10.1 Å². The van der Waals surface area contributed by atoms with Gasteiger partial charge in [0.25, 0.3) is 5.69 Å². The quantitative estimate of drug-likeness (QED) is 0.595. The van der Waals surface area contributed by atoms with Gasteiger partial charge in [-0.05, 0) is 6.07 Å². The molecule has 0 unspecified atom stereocenters. The van der Waals surface area contributed by atoms with Gasteiger partial charge < -0.3 is 4.42 Å². The molecule has 5 nitrogen and oxygen atoms in total. The molecule has 82 valence electrons. The lowest BCUT2D eigenvalue weighted by molar-refractivity contribution is -0.384. The van der Waals surface area contributed by atoms with E-state index in [1.54, 1.807) is 6.92 Å². The summed E-state index contributed by atoms with van der Waals surface area (Å²) in [7, 11) is 0. The first-order valence-corrected chi connectivity index (χ1v) is 4.82. The molecular formula is C10H7ClN2O3. The van der Waals surface area contributed by atoms with Gasteiger partial charge in [-0.15, -0.1) is 0 Å². The van der Waals surface area contributed by atoms with Crippen LogP contribution in [-0.4, -0.2) is 9.91 Å². The van der Waals surface area contributed by atoms with Crippen molar-refractivity contribution >= 4 is 17.3 Å². The first-order valence-electron chi connectivity index (χ1n) is 4.44. The van der Waals surface area contributed by atoms with Gasteiger partial charge in [0.05, 0.1) is 16.1 Å². The minimum Gasteiger partial charge on any atom is -0.441 e. The third-order valence-electron chi connectivity index (χ3n) is 2.05. The van der Waals surface area contributed by atoms with Crippen LogP contribution >= 0.6 is 11.6 Å². The molecule has 1 heterocycles. The van der Waals surface area contributed by atoms with Crippen LogP contribution in [0.25, 0.3) is 11.3 Å². The molecule has 2 aromatic rings. The van der Waals surface area contributed by atoms with E-state index in [2.05, 4.69) is 4.98 Å². The van der Waals surface area contributed by atoms with Crippen molar-refractivity contribution in [2.75, 3.05) is 0 Å². The first kappa shape index (κ1) is 10.6. The zero-order valence-electron chi connectivity index (χ0n) is 8.31. The topological polar surface area (TPSA) is 69.2 Å². The van der Waals surface area contributed by atoms with Crippen LogP contribution in [0, 0.1) is 17.0 Å². The van der Waals surface area contributed by atoms with Gasteiger partial charge in [0.2, 0.25) is 0 Å². The van der Waals surface area contributed by atoms with Crippen molar-refractivity contribution in [1.82, 2.24) is 4.98 Å². The molecule has 0 aliphatic rings. The molecule has 6 heteroatoms. The highest BCUT2D eigenvalue weighted by Crippen LogP contribution is 2.31. The number of hydrogen-bond donors (Lipinski definition) is 0. The molecule has 0 amide bonds. The van der Waals surface area contributed by atoms with Gasteiger partial charge in [0.15, 0.2) is 11.7 Å². The monoisotopic (exact) mass is 238 g/mol. The fourth-order valence-electron chi connectivity index (χ4n) is 1.30. The van der Waals surface area contributed by atoms with E-state index in [0.29, 0.717) is 22.2 Å². The summed E-state index contributed by atoms with van der Waals surface area (Å²) in [6, 6.07) is 4.17. The standard InChI is InChI=1S/C10H7ClN2O3/c1-6-12-5-10(16-6)8-4-7(13(14)15)2-3-9(8)11/h2-5H,1H3. The van der Waals surface area contributed by atoms with Gasteiger partial charge in [0, 0.05) is 24.6 Å². The van der Waals surface area contributed by atoms with E-state index >= 15 is 0 Å². The zero-order valence-corrected chi connectivity index (χ0v) is 9.06. The molecular weight excluding hydrogens is 232 g/mol. The lowest BCUT2D eigenvalue weighted by atomic mass is 10.1. The number of halogens is 1. The van der Waals surface area contributed by atoms with E-state index in [4.69, 9.17) is 16.0 Å². The fraction of sp³-hybridized carbons (Fsp3) is 0.100. The Bertz CT molecular complexity index is 551. The summed E-state index contributed by atoms with van der Waals surface area (Å²) in [4.78, 5) is 14.0. The van der Waals surface area contributed by atoms with Gasteiger partial charge in [0.1, 0.15) is 0 Å². The molecule has 0 aliphatic carbocycles. The van der Waals surface area contributed by atoms with E-state index in [0.717, 1.165) is 0 Å². The number of benzene rings is 1. The Hall–Kier alpha value is -1.88. The molecule has 0 aliphatic heterocycles. The highest BCUT2D eigenvalue weighted by Gasteiger charge is 2.13. The average Bonchev–Trinajstić information content (AvgIpc) is 2.65. The van der Waals surface area contributed by atoms with Crippen molar-refractivity contribution in [1.29, 1.82) is 0 Å². The number of aromatic nitrogens is 1. The minimum absolute atomic E-state index is 0.0338. The van der Waals surface area contributed by atoms with E-state index in [1.807, 2.05) is 0 Å². The van der Waals surface area contributed by atoms with Gasteiger partial charge in [-0.2, -0.15) is 0 Å². The van der Waals surface area contributed by atoms with Crippen LogP contribution in [0.15, 0.2) is 28.8 Å². The predicted octanol–water partition coefficient (Wildman–Crippen LogP) is 3.21. The predicted molar refractivity (Wildman–Crippen MR) is 58.3 cm³/mol. The van der Waals surface area contributed by atoms with Crippen molar-refractivity contribution in [2.45, 2.75) is 6.92 Å². The fourth-order valence-corrected chi connectivity index (χ4v) is 1.51. The number of nitrogens with zero attached hydrogens (tertiary/aromatic N) is 2. The van der Waals surface area contributed by atoms with Gasteiger partial charge in [-0.25, -0.2) is 4.98 Å². The number of aryl methyl sites for hydroxylation is 1. The van der Waals surface area contributed by atoms with Crippen molar-refractivity contribution in [2.24, 2.45) is 0 Å². The molecule has 1 aromatic carbocycles. The average molecular weight is 239 g/mol. The van der Waals surface area contributed by atoms with Gasteiger partial charge >= 0.3 is 0 Å². The second-order valence-electron chi connectivity index (χ2n) is 3.16.